The first-order chi connectivity index (χ1) is 14.9. The highest BCUT2D eigenvalue weighted by Gasteiger charge is 2.22. The second kappa shape index (κ2) is 12.2. The van der Waals surface area contributed by atoms with E-state index in [2.05, 4.69) is 10.6 Å². The number of ether oxygens (including phenoxy) is 2. The summed E-state index contributed by atoms with van der Waals surface area (Å²) in [5.41, 5.74) is 1.27. The zero-order valence-corrected chi connectivity index (χ0v) is 19.1. The SMILES string of the molecule is COC(=O)c1cc(CNC(=O)C(CCSC)NC(=O)c2ccccc2Cl)ccc1OC. The number of halogens is 1. The third-order valence-corrected chi connectivity index (χ3v) is 5.46. The number of carbonyl (C=O) groups excluding carboxylic acids is 3. The first-order valence-electron chi connectivity index (χ1n) is 9.48. The van der Waals surface area contributed by atoms with E-state index < -0.39 is 17.9 Å². The zero-order chi connectivity index (χ0) is 22.8. The molecule has 31 heavy (non-hydrogen) atoms. The van der Waals surface area contributed by atoms with E-state index in [1.165, 1.54) is 14.2 Å². The molecule has 2 N–H and O–H groups in total. The van der Waals surface area contributed by atoms with Gasteiger partial charge < -0.3 is 20.1 Å². The normalized spacial score (nSPS) is 11.4. The van der Waals surface area contributed by atoms with Crippen molar-refractivity contribution in [3.63, 3.8) is 0 Å². The molecule has 0 aromatic heterocycles. The van der Waals surface area contributed by atoms with Crippen LogP contribution in [-0.4, -0.2) is 50.1 Å². The molecule has 2 aromatic rings. The molecule has 0 spiro atoms. The minimum Gasteiger partial charge on any atom is -0.496 e. The van der Waals surface area contributed by atoms with Gasteiger partial charge in [0.25, 0.3) is 5.91 Å². The summed E-state index contributed by atoms with van der Waals surface area (Å²) >= 11 is 7.67. The van der Waals surface area contributed by atoms with E-state index in [1.807, 2.05) is 6.26 Å². The van der Waals surface area contributed by atoms with Crippen molar-refractivity contribution in [2.75, 3.05) is 26.2 Å². The number of amides is 2. The van der Waals surface area contributed by atoms with Crippen molar-refractivity contribution in [1.29, 1.82) is 0 Å². The third-order valence-electron chi connectivity index (χ3n) is 4.49. The van der Waals surface area contributed by atoms with E-state index in [0.717, 1.165) is 0 Å². The molecule has 2 aromatic carbocycles. The smallest absolute Gasteiger partial charge is 0.341 e. The van der Waals surface area contributed by atoms with Crippen LogP contribution in [0, 0.1) is 0 Å². The van der Waals surface area contributed by atoms with Crippen molar-refractivity contribution < 1.29 is 23.9 Å². The van der Waals surface area contributed by atoms with E-state index >= 15 is 0 Å². The molecule has 0 radical (unpaired) electrons. The summed E-state index contributed by atoms with van der Waals surface area (Å²) in [5.74, 6) is -0.202. The quantitative estimate of drug-likeness (QED) is 0.524. The molecule has 166 valence electrons. The summed E-state index contributed by atoms with van der Waals surface area (Å²) in [6, 6.07) is 10.9. The van der Waals surface area contributed by atoms with Crippen LogP contribution in [0.4, 0.5) is 0 Å². The number of benzene rings is 2. The maximum absolute atomic E-state index is 12.8. The van der Waals surface area contributed by atoms with Crippen molar-refractivity contribution in [2.45, 2.75) is 19.0 Å². The molecule has 2 amide bonds. The number of nitrogens with one attached hydrogen (secondary N) is 2. The second-order valence-corrected chi connectivity index (χ2v) is 7.92. The van der Waals surface area contributed by atoms with Gasteiger partial charge in [-0.05, 0) is 48.3 Å². The third kappa shape index (κ3) is 6.90. The Morgan fingerprint density at radius 2 is 1.84 bits per heavy atom. The molecule has 0 saturated heterocycles. The minimum absolute atomic E-state index is 0.171. The van der Waals surface area contributed by atoms with Gasteiger partial charge in [0.05, 0.1) is 24.8 Å². The number of methoxy groups -OCH3 is 2. The Kier molecular flexibility index (Phi) is 9.68. The summed E-state index contributed by atoms with van der Waals surface area (Å²) in [6.07, 6.45) is 2.38. The summed E-state index contributed by atoms with van der Waals surface area (Å²) < 4.78 is 9.95. The molecule has 0 aliphatic heterocycles. The van der Waals surface area contributed by atoms with Crippen LogP contribution in [0.5, 0.6) is 5.75 Å². The van der Waals surface area contributed by atoms with Gasteiger partial charge in [-0.1, -0.05) is 29.8 Å². The van der Waals surface area contributed by atoms with E-state index in [9.17, 15) is 14.4 Å². The van der Waals surface area contributed by atoms with Crippen molar-refractivity contribution >= 4 is 41.1 Å². The van der Waals surface area contributed by atoms with Gasteiger partial charge in [0, 0.05) is 6.54 Å². The zero-order valence-electron chi connectivity index (χ0n) is 17.6. The fraction of sp³-hybridized carbons (Fsp3) is 0.318. The molecule has 1 unspecified atom stereocenters. The predicted molar refractivity (Wildman–Crippen MR) is 122 cm³/mol. The highest BCUT2D eigenvalue weighted by molar-refractivity contribution is 7.98. The van der Waals surface area contributed by atoms with Gasteiger partial charge in [0.1, 0.15) is 17.4 Å². The largest absolute Gasteiger partial charge is 0.496 e. The number of thioether (sulfide) groups is 1. The van der Waals surface area contributed by atoms with Gasteiger partial charge in [-0.15, -0.1) is 0 Å². The highest BCUT2D eigenvalue weighted by atomic mass is 35.5. The molecule has 1 atom stereocenters. The van der Waals surface area contributed by atoms with Crippen molar-refractivity contribution in [3.8, 4) is 5.75 Å². The number of hydrogen-bond donors (Lipinski definition) is 2. The second-order valence-electron chi connectivity index (χ2n) is 6.53. The maximum Gasteiger partial charge on any atom is 0.341 e. The Balaban J connectivity index is 2.09. The number of hydrogen-bond acceptors (Lipinski definition) is 6. The lowest BCUT2D eigenvalue weighted by molar-refractivity contribution is -0.123. The van der Waals surface area contributed by atoms with Crippen LogP contribution in [0.2, 0.25) is 5.02 Å². The lowest BCUT2D eigenvalue weighted by atomic mass is 10.1. The summed E-state index contributed by atoms with van der Waals surface area (Å²) in [6.45, 7) is 0.171. The summed E-state index contributed by atoms with van der Waals surface area (Å²) in [7, 11) is 2.75. The fourth-order valence-electron chi connectivity index (χ4n) is 2.83. The summed E-state index contributed by atoms with van der Waals surface area (Å²) in [4.78, 5) is 37.3. The average molecular weight is 465 g/mol. The number of esters is 1. The molecule has 0 aliphatic carbocycles. The monoisotopic (exact) mass is 464 g/mol. The molecule has 9 heteroatoms. The molecule has 2 rings (SSSR count). The Bertz CT molecular complexity index is 938. The van der Waals surface area contributed by atoms with Gasteiger partial charge in [0.2, 0.25) is 5.91 Å². The molecule has 0 heterocycles. The van der Waals surface area contributed by atoms with Crippen LogP contribution in [0.15, 0.2) is 42.5 Å². The fourth-order valence-corrected chi connectivity index (χ4v) is 3.53. The van der Waals surface area contributed by atoms with Gasteiger partial charge in [-0.3, -0.25) is 9.59 Å². The van der Waals surface area contributed by atoms with Crippen LogP contribution in [0.1, 0.15) is 32.7 Å². The van der Waals surface area contributed by atoms with Crippen LogP contribution in [0.25, 0.3) is 0 Å². The summed E-state index contributed by atoms with van der Waals surface area (Å²) in [5, 5.41) is 5.89. The van der Waals surface area contributed by atoms with Crippen LogP contribution in [-0.2, 0) is 16.1 Å². The number of carbonyl (C=O) groups is 3. The topological polar surface area (TPSA) is 93.7 Å². The molecular formula is C22H25ClN2O5S. The molecular weight excluding hydrogens is 440 g/mol. The molecule has 0 aliphatic rings. The Morgan fingerprint density at radius 3 is 2.48 bits per heavy atom. The van der Waals surface area contributed by atoms with E-state index in [4.69, 9.17) is 21.1 Å². The minimum atomic E-state index is -0.727. The molecule has 0 saturated carbocycles. The Morgan fingerprint density at radius 1 is 1.10 bits per heavy atom. The van der Waals surface area contributed by atoms with Crippen molar-refractivity contribution in [3.05, 3.63) is 64.2 Å². The van der Waals surface area contributed by atoms with Gasteiger partial charge >= 0.3 is 5.97 Å². The Hall–Kier alpha value is -2.71. The van der Waals surface area contributed by atoms with E-state index in [1.54, 1.807) is 54.2 Å². The highest BCUT2D eigenvalue weighted by Crippen LogP contribution is 2.21. The molecule has 7 nitrogen and oxygen atoms in total. The van der Waals surface area contributed by atoms with Crippen LogP contribution >= 0.6 is 23.4 Å². The maximum atomic E-state index is 12.8. The van der Waals surface area contributed by atoms with E-state index in [0.29, 0.717) is 34.1 Å². The lowest BCUT2D eigenvalue weighted by Crippen LogP contribution is -2.47. The predicted octanol–water partition coefficient (Wildman–Crippen LogP) is 3.30. The first-order valence-corrected chi connectivity index (χ1v) is 11.3. The Labute approximate surface area is 190 Å². The average Bonchev–Trinajstić information content (AvgIpc) is 2.79. The van der Waals surface area contributed by atoms with Crippen molar-refractivity contribution in [1.82, 2.24) is 10.6 Å². The van der Waals surface area contributed by atoms with Crippen LogP contribution < -0.4 is 15.4 Å². The van der Waals surface area contributed by atoms with Gasteiger partial charge in [-0.2, -0.15) is 11.8 Å². The molecule has 0 bridgehead atoms. The number of rotatable bonds is 10. The van der Waals surface area contributed by atoms with Gasteiger partial charge in [0.15, 0.2) is 0 Å². The van der Waals surface area contributed by atoms with Gasteiger partial charge in [-0.25, -0.2) is 4.79 Å². The lowest BCUT2D eigenvalue weighted by Gasteiger charge is -2.19. The van der Waals surface area contributed by atoms with E-state index in [-0.39, 0.29) is 18.0 Å². The molecule has 0 fully saturated rings. The van der Waals surface area contributed by atoms with Crippen molar-refractivity contribution in [2.24, 2.45) is 0 Å². The van der Waals surface area contributed by atoms with Crippen LogP contribution in [0.3, 0.4) is 0 Å². The standard InChI is InChI=1S/C22H25ClN2O5S/c1-29-19-9-8-14(12-16(19)22(28)30-2)13-24-21(27)18(10-11-31-3)25-20(26)15-6-4-5-7-17(15)23/h4-9,12,18H,10-11,13H2,1-3H3,(H,24,27)(H,25,26). The first kappa shape index (κ1) is 24.6.